The first-order chi connectivity index (χ1) is 15.3. The summed E-state index contributed by atoms with van der Waals surface area (Å²) in [6, 6.07) is 13.1. The molecule has 5 rings (SSSR count). The molecule has 0 radical (unpaired) electrons. The van der Waals surface area contributed by atoms with E-state index in [9.17, 15) is 0 Å². The van der Waals surface area contributed by atoms with Gasteiger partial charge in [-0.2, -0.15) is 0 Å². The van der Waals surface area contributed by atoms with E-state index < -0.39 is 17.7 Å². The molecule has 1 aliphatic rings. The van der Waals surface area contributed by atoms with Gasteiger partial charge in [0.15, 0.2) is 0 Å². The van der Waals surface area contributed by atoms with E-state index in [1.54, 1.807) is 0 Å². The van der Waals surface area contributed by atoms with Crippen LogP contribution < -0.4 is 4.52 Å². The van der Waals surface area contributed by atoms with Gasteiger partial charge in [-0.1, -0.05) is 76.3 Å². The Hall–Kier alpha value is -2.35. The smallest absolute Gasteiger partial charge is 0.149 e. The van der Waals surface area contributed by atoms with Gasteiger partial charge < -0.3 is 0 Å². The molecule has 1 atom stereocenters. The highest BCUT2D eigenvalue weighted by molar-refractivity contribution is 6.13. The van der Waals surface area contributed by atoms with E-state index in [-0.39, 0.29) is 6.04 Å². The number of aromatic nitrogens is 2. The Morgan fingerprint density at radius 1 is 0.900 bits per heavy atom. The van der Waals surface area contributed by atoms with Crippen molar-refractivity contribution in [2.45, 2.75) is 85.0 Å². The molecule has 0 fully saturated rings. The van der Waals surface area contributed by atoms with E-state index in [0.29, 0.717) is 5.92 Å². The zero-order valence-electron chi connectivity index (χ0n) is 22.5. The van der Waals surface area contributed by atoms with Crippen LogP contribution in [0.25, 0.3) is 27.2 Å². The molecular weight excluding hydrogens is 364 g/mol. The van der Waals surface area contributed by atoms with Gasteiger partial charge in [-0.15, -0.1) is 4.68 Å². The van der Waals surface area contributed by atoms with Gasteiger partial charge in [0.2, 0.25) is 11.0 Å². The lowest BCUT2D eigenvalue weighted by Gasteiger charge is -2.44. The number of hydrogen-bond donors (Lipinski definition) is 0. The Kier molecular flexibility index (Phi) is 3.20. The summed E-state index contributed by atoms with van der Waals surface area (Å²) < 4.78 is 30.9. The van der Waals surface area contributed by atoms with Crippen LogP contribution in [0, 0.1) is 6.92 Å². The summed E-state index contributed by atoms with van der Waals surface area (Å²) in [7, 11) is 0. The average molecular weight is 403 g/mol. The van der Waals surface area contributed by atoms with E-state index >= 15 is 0 Å². The summed E-state index contributed by atoms with van der Waals surface area (Å²) in [5.74, 6) is 0.368. The third kappa shape index (κ3) is 2.08. The number of para-hydroxylation sites is 1. The van der Waals surface area contributed by atoms with Gasteiger partial charge in [-0.05, 0) is 43.7 Å². The third-order valence-corrected chi connectivity index (χ3v) is 7.76. The molecule has 0 saturated carbocycles. The van der Waals surface area contributed by atoms with Crippen LogP contribution in [0.15, 0.2) is 36.4 Å². The molecule has 2 aromatic carbocycles. The van der Waals surface area contributed by atoms with Gasteiger partial charge >= 0.3 is 0 Å². The number of hydrogen-bond acceptors (Lipinski definition) is 0. The highest BCUT2D eigenvalue weighted by atomic mass is 15.4. The normalized spacial score (nSPS) is 22.4. The zero-order valence-corrected chi connectivity index (χ0v) is 19.5. The summed E-state index contributed by atoms with van der Waals surface area (Å²) in [6.07, 6.45) is 0. The van der Waals surface area contributed by atoms with Gasteiger partial charge in [0, 0.05) is 20.5 Å². The maximum Gasteiger partial charge on any atom is 0.250 e. The average Bonchev–Trinajstić information content (AvgIpc) is 3.04. The van der Waals surface area contributed by atoms with Crippen molar-refractivity contribution in [1.29, 1.82) is 0 Å². The fourth-order valence-electron chi connectivity index (χ4n) is 5.98. The van der Waals surface area contributed by atoms with Crippen molar-refractivity contribution >= 4 is 27.2 Å². The fraction of sp³-hybridized carbons (Fsp3) is 0.464. The second-order valence-corrected chi connectivity index (χ2v) is 10.4. The second-order valence-electron chi connectivity index (χ2n) is 10.4. The van der Waals surface area contributed by atoms with Crippen molar-refractivity contribution in [3.63, 3.8) is 0 Å². The van der Waals surface area contributed by atoms with Crippen molar-refractivity contribution < 1.29 is 8.63 Å². The first kappa shape index (κ1) is 16.4. The van der Waals surface area contributed by atoms with E-state index in [1.807, 2.05) is 13.0 Å². The topological polar surface area (TPSA) is 9.03 Å². The van der Waals surface area contributed by atoms with Crippen molar-refractivity contribution in [3.05, 3.63) is 58.8 Å². The van der Waals surface area contributed by atoms with E-state index in [2.05, 4.69) is 88.0 Å². The molecule has 1 unspecified atom stereocenters. The lowest BCUT2D eigenvalue weighted by atomic mass is 9.57. The molecule has 2 aromatic heterocycles. The number of nitrogens with zero attached hydrogens (tertiary/aromatic N) is 2. The Bertz CT molecular complexity index is 1450. The highest BCUT2D eigenvalue weighted by Gasteiger charge is 2.51. The number of benzene rings is 2. The van der Waals surface area contributed by atoms with Crippen LogP contribution in [0.2, 0.25) is 0 Å². The monoisotopic (exact) mass is 402 g/mol. The summed E-state index contributed by atoms with van der Waals surface area (Å²) in [5, 5.41) is 3.44. The van der Waals surface area contributed by atoms with Crippen LogP contribution in [0.1, 0.15) is 93.8 Å². The Labute approximate surface area is 184 Å². The number of pyridine rings is 1. The van der Waals surface area contributed by atoms with Crippen LogP contribution in [0.4, 0.5) is 0 Å². The zero-order chi connectivity index (χ0) is 24.2. The minimum absolute atomic E-state index is 0.229. The van der Waals surface area contributed by atoms with E-state index in [4.69, 9.17) is 4.11 Å². The predicted octanol–water partition coefficient (Wildman–Crippen LogP) is 7.11. The standard InChI is InChI=1S/C28H35N2/c1-16(2)19-12-10-14-21-20-13-11-15-22-23(20)26-24(28(8,9)27(22,6)7)18(5)29(17(3)4)30(26)25(19)21/h10-17H,1-9H3/q+1/i6D3. The van der Waals surface area contributed by atoms with Crippen LogP contribution in [-0.4, -0.2) is 4.68 Å². The molecule has 0 amide bonds. The molecule has 0 aliphatic heterocycles. The minimum Gasteiger partial charge on any atom is -0.149 e. The molecule has 30 heavy (non-hydrogen) atoms. The maximum absolute atomic E-state index is 8.71. The fourth-order valence-corrected chi connectivity index (χ4v) is 5.98. The molecule has 156 valence electrons. The second kappa shape index (κ2) is 5.87. The van der Waals surface area contributed by atoms with Crippen LogP contribution in [-0.2, 0) is 10.8 Å². The van der Waals surface area contributed by atoms with Gasteiger partial charge in [-0.3, -0.25) is 0 Å². The van der Waals surface area contributed by atoms with Crippen LogP contribution in [0.3, 0.4) is 0 Å². The number of fused-ring (bicyclic) bond motifs is 3. The van der Waals surface area contributed by atoms with Crippen LogP contribution in [0.5, 0.6) is 0 Å². The molecular formula is C28H35N2+. The Balaban J connectivity index is 2.23. The molecule has 1 aliphatic carbocycles. The molecule has 2 nitrogen and oxygen atoms in total. The Morgan fingerprint density at radius 3 is 2.20 bits per heavy atom. The Morgan fingerprint density at radius 2 is 1.57 bits per heavy atom. The quantitative estimate of drug-likeness (QED) is 0.249. The summed E-state index contributed by atoms with van der Waals surface area (Å²) >= 11 is 0. The van der Waals surface area contributed by atoms with Crippen molar-refractivity contribution in [2.24, 2.45) is 0 Å². The van der Waals surface area contributed by atoms with Gasteiger partial charge in [0.1, 0.15) is 0 Å². The molecule has 0 saturated heterocycles. The van der Waals surface area contributed by atoms with E-state index in [0.717, 1.165) is 22.0 Å². The largest absolute Gasteiger partial charge is 0.250 e. The van der Waals surface area contributed by atoms with Crippen molar-refractivity contribution in [1.82, 2.24) is 4.68 Å². The maximum atomic E-state index is 8.71. The summed E-state index contributed by atoms with van der Waals surface area (Å²) in [4.78, 5) is 0. The third-order valence-electron chi connectivity index (χ3n) is 7.76. The first-order valence-electron chi connectivity index (χ1n) is 12.7. The minimum atomic E-state index is -2.15. The molecule has 2 heteroatoms. The molecule has 0 N–H and O–H groups in total. The lowest BCUT2D eigenvalue weighted by molar-refractivity contribution is -0.587. The molecule has 4 aromatic rings. The van der Waals surface area contributed by atoms with Crippen molar-refractivity contribution in [2.75, 3.05) is 0 Å². The SMILES string of the molecule is [2H]C([2H])([2H])C1(C)c2cccc3c4cccc(C(C)C)c4[n+]4c(c(c(C)n4C(C)C)C1(C)C)c23. The first-order valence-corrected chi connectivity index (χ1v) is 11.2. The molecule has 2 heterocycles. The van der Waals surface area contributed by atoms with Gasteiger partial charge in [0.05, 0.1) is 28.1 Å². The van der Waals surface area contributed by atoms with E-state index in [1.165, 1.54) is 27.5 Å². The highest BCUT2D eigenvalue weighted by Crippen LogP contribution is 2.53. The van der Waals surface area contributed by atoms with Gasteiger partial charge in [-0.25, -0.2) is 0 Å². The summed E-state index contributed by atoms with van der Waals surface area (Å²) in [6.45, 7) is 15.2. The predicted molar refractivity (Wildman–Crippen MR) is 128 cm³/mol. The summed E-state index contributed by atoms with van der Waals surface area (Å²) in [5.41, 5.74) is 5.40. The lowest BCUT2D eigenvalue weighted by Crippen LogP contribution is -2.44. The molecule has 0 bridgehead atoms. The van der Waals surface area contributed by atoms with Crippen LogP contribution >= 0.6 is 0 Å². The van der Waals surface area contributed by atoms with Gasteiger partial charge in [0.25, 0.3) is 0 Å². The molecule has 0 spiro atoms. The number of rotatable bonds is 2. The van der Waals surface area contributed by atoms with Crippen molar-refractivity contribution in [3.8, 4) is 0 Å².